The van der Waals surface area contributed by atoms with Crippen molar-refractivity contribution in [2.45, 2.75) is 13.0 Å². The number of amides is 1. The molecule has 9 heteroatoms. The van der Waals surface area contributed by atoms with Crippen LogP contribution in [0.3, 0.4) is 0 Å². The molecule has 0 bridgehead atoms. The van der Waals surface area contributed by atoms with E-state index in [1.807, 2.05) is 0 Å². The van der Waals surface area contributed by atoms with E-state index in [0.29, 0.717) is 22.9 Å². The molecule has 136 valence electrons. The van der Waals surface area contributed by atoms with Gasteiger partial charge in [0.1, 0.15) is 11.8 Å². The van der Waals surface area contributed by atoms with Gasteiger partial charge in [0.05, 0.1) is 17.7 Å². The average Bonchev–Trinajstić information content (AvgIpc) is 3.09. The maximum atomic E-state index is 12.4. The lowest BCUT2D eigenvalue weighted by atomic mass is 10.2. The maximum absolute atomic E-state index is 12.4. The molecule has 2 aromatic rings. The standard InChI is InChI=1S/C17H17N3O6/c1-10(18-11-3-5-15-16(7-11)26-9-25-15)17(21)19-13-8-12(20(22)23)4-6-14(13)24-2/h3-8,10,18H,9H2,1-2H3,(H,19,21)/t10-/m0/s1. The van der Waals surface area contributed by atoms with Crippen molar-refractivity contribution in [2.75, 3.05) is 24.5 Å². The van der Waals surface area contributed by atoms with E-state index < -0.39 is 11.0 Å². The first-order valence-corrected chi connectivity index (χ1v) is 7.77. The highest BCUT2D eigenvalue weighted by molar-refractivity contribution is 5.97. The van der Waals surface area contributed by atoms with Gasteiger partial charge in [0, 0.05) is 23.9 Å². The van der Waals surface area contributed by atoms with Crippen molar-refractivity contribution in [3.63, 3.8) is 0 Å². The summed E-state index contributed by atoms with van der Waals surface area (Å²) in [5, 5.41) is 16.6. The molecule has 26 heavy (non-hydrogen) atoms. The number of carbonyl (C=O) groups is 1. The zero-order chi connectivity index (χ0) is 18.7. The van der Waals surface area contributed by atoms with Crippen LogP contribution in [0.2, 0.25) is 0 Å². The van der Waals surface area contributed by atoms with E-state index >= 15 is 0 Å². The summed E-state index contributed by atoms with van der Waals surface area (Å²) in [6, 6.07) is 8.64. The second-order valence-corrected chi connectivity index (χ2v) is 5.57. The lowest BCUT2D eigenvalue weighted by Crippen LogP contribution is -2.32. The number of methoxy groups -OCH3 is 1. The molecule has 0 spiro atoms. The number of rotatable bonds is 6. The van der Waals surface area contributed by atoms with Crippen molar-refractivity contribution >= 4 is 23.0 Å². The number of anilines is 2. The first-order chi connectivity index (χ1) is 12.5. The Kier molecular flexibility index (Phi) is 4.78. The van der Waals surface area contributed by atoms with Gasteiger partial charge < -0.3 is 24.8 Å². The van der Waals surface area contributed by atoms with Crippen LogP contribution in [-0.4, -0.2) is 30.8 Å². The number of nitro groups is 1. The van der Waals surface area contributed by atoms with Crippen LogP contribution in [0.25, 0.3) is 0 Å². The average molecular weight is 359 g/mol. The van der Waals surface area contributed by atoms with E-state index in [9.17, 15) is 14.9 Å². The van der Waals surface area contributed by atoms with Crippen molar-refractivity contribution in [2.24, 2.45) is 0 Å². The number of nitrogens with one attached hydrogen (secondary N) is 2. The minimum atomic E-state index is -0.612. The Morgan fingerprint density at radius 1 is 1.23 bits per heavy atom. The van der Waals surface area contributed by atoms with Gasteiger partial charge in [-0.1, -0.05) is 0 Å². The van der Waals surface area contributed by atoms with Gasteiger partial charge in [-0.05, 0) is 25.1 Å². The predicted molar refractivity (Wildman–Crippen MR) is 93.9 cm³/mol. The Bertz CT molecular complexity index is 854. The highest BCUT2D eigenvalue weighted by Crippen LogP contribution is 2.34. The molecule has 0 aromatic heterocycles. The zero-order valence-corrected chi connectivity index (χ0v) is 14.1. The first-order valence-electron chi connectivity index (χ1n) is 7.77. The molecule has 0 fully saturated rings. The topological polar surface area (TPSA) is 112 Å². The first kappa shape index (κ1) is 17.3. The van der Waals surface area contributed by atoms with E-state index in [1.54, 1.807) is 25.1 Å². The minimum absolute atomic E-state index is 0.141. The number of non-ortho nitro benzene ring substituents is 1. The molecule has 2 aromatic carbocycles. The number of benzene rings is 2. The van der Waals surface area contributed by atoms with Crippen molar-refractivity contribution in [1.82, 2.24) is 0 Å². The SMILES string of the molecule is COc1ccc([N+](=O)[O-])cc1NC(=O)[C@H](C)Nc1ccc2c(c1)OCO2. The Hall–Kier alpha value is -3.49. The van der Waals surface area contributed by atoms with Crippen LogP contribution in [0.4, 0.5) is 17.1 Å². The minimum Gasteiger partial charge on any atom is -0.495 e. The van der Waals surface area contributed by atoms with Crippen LogP contribution in [0.1, 0.15) is 6.92 Å². The molecule has 0 saturated carbocycles. The Morgan fingerprint density at radius 3 is 2.73 bits per heavy atom. The van der Waals surface area contributed by atoms with Crippen LogP contribution in [0.15, 0.2) is 36.4 Å². The van der Waals surface area contributed by atoms with E-state index in [-0.39, 0.29) is 24.1 Å². The second-order valence-electron chi connectivity index (χ2n) is 5.57. The fourth-order valence-electron chi connectivity index (χ4n) is 2.45. The van der Waals surface area contributed by atoms with Gasteiger partial charge in [0.2, 0.25) is 12.7 Å². The summed E-state index contributed by atoms with van der Waals surface area (Å²) in [6.45, 7) is 1.84. The molecule has 0 unspecified atom stereocenters. The number of hydrogen-bond acceptors (Lipinski definition) is 7. The quantitative estimate of drug-likeness (QED) is 0.602. The molecular weight excluding hydrogens is 342 g/mol. The molecule has 0 aliphatic carbocycles. The summed E-state index contributed by atoms with van der Waals surface area (Å²) in [4.78, 5) is 22.8. The Morgan fingerprint density at radius 2 is 2.00 bits per heavy atom. The molecule has 9 nitrogen and oxygen atoms in total. The van der Waals surface area contributed by atoms with Crippen LogP contribution >= 0.6 is 0 Å². The van der Waals surface area contributed by atoms with Crippen molar-refractivity contribution < 1.29 is 23.9 Å². The molecule has 1 atom stereocenters. The molecule has 0 saturated heterocycles. The molecule has 1 aliphatic heterocycles. The van der Waals surface area contributed by atoms with Crippen LogP contribution in [0, 0.1) is 10.1 Å². The van der Waals surface area contributed by atoms with Crippen LogP contribution in [0.5, 0.6) is 17.2 Å². The number of nitrogens with zero attached hydrogens (tertiary/aromatic N) is 1. The third kappa shape index (κ3) is 3.61. The number of carbonyl (C=O) groups excluding carboxylic acids is 1. The lowest BCUT2D eigenvalue weighted by molar-refractivity contribution is -0.384. The van der Waals surface area contributed by atoms with E-state index in [0.717, 1.165) is 0 Å². The summed E-state index contributed by atoms with van der Waals surface area (Å²) in [5.74, 6) is 1.21. The Labute approximate surface area is 149 Å². The molecule has 1 aliphatic rings. The van der Waals surface area contributed by atoms with E-state index in [4.69, 9.17) is 14.2 Å². The highest BCUT2D eigenvalue weighted by Gasteiger charge is 2.19. The molecule has 1 heterocycles. The molecule has 2 N–H and O–H groups in total. The molecule has 1 amide bonds. The second kappa shape index (κ2) is 7.18. The fourth-order valence-corrected chi connectivity index (χ4v) is 2.45. The van der Waals surface area contributed by atoms with Crippen LogP contribution in [-0.2, 0) is 4.79 Å². The third-order valence-electron chi connectivity index (χ3n) is 3.80. The van der Waals surface area contributed by atoms with Gasteiger partial charge in [-0.2, -0.15) is 0 Å². The normalized spacial score (nSPS) is 13.0. The van der Waals surface area contributed by atoms with Crippen LogP contribution < -0.4 is 24.8 Å². The summed E-state index contributed by atoms with van der Waals surface area (Å²) in [5.41, 5.74) is 0.770. The zero-order valence-electron chi connectivity index (χ0n) is 14.1. The van der Waals surface area contributed by atoms with Gasteiger partial charge in [0.15, 0.2) is 11.5 Å². The summed E-state index contributed by atoms with van der Waals surface area (Å²) >= 11 is 0. The van der Waals surface area contributed by atoms with E-state index in [1.165, 1.54) is 25.3 Å². The van der Waals surface area contributed by atoms with E-state index in [2.05, 4.69) is 10.6 Å². The molecule has 3 rings (SSSR count). The smallest absolute Gasteiger partial charge is 0.271 e. The molecule has 0 radical (unpaired) electrons. The van der Waals surface area contributed by atoms with Gasteiger partial charge in [-0.3, -0.25) is 14.9 Å². The summed E-state index contributed by atoms with van der Waals surface area (Å²) in [7, 11) is 1.42. The van der Waals surface area contributed by atoms with Crippen molar-refractivity contribution in [3.05, 3.63) is 46.5 Å². The van der Waals surface area contributed by atoms with Gasteiger partial charge in [0.25, 0.3) is 5.69 Å². The Balaban J connectivity index is 1.71. The van der Waals surface area contributed by atoms with Crippen molar-refractivity contribution in [1.29, 1.82) is 0 Å². The third-order valence-corrected chi connectivity index (χ3v) is 3.80. The van der Waals surface area contributed by atoms with Gasteiger partial charge >= 0.3 is 0 Å². The fraction of sp³-hybridized carbons (Fsp3) is 0.235. The number of nitro benzene ring substituents is 1. The monoisotopic (exact) mass is 359 g/mol. The predicted octanol–water partition coefficient (Wildman–Crippen LogP) is 2.77. The highest BCUT2D eigenvalue weighted by atomic mass is 16.7. The number of hydrogen-bond donors (Lipinski definition) is 2. The number of ether oxygens (including phenoxy) is 3. The van der Waals surface area contributed by atoms with Gasteiger partial charge in [-0.25, -0.2) is 0 Å². The maximum Gasteiger partial charge on any atom is 0.271 e. The number of fused-ring (bicyclic) bond motifs is 1. The molecular formula is C17H17N3O6. The van der Waals surface area contributed by atoms with Gasteiger partial charge in [-0.15, -0.1) is 0 Å². The lowest BCUT2D eigenvalue weighted by Gasteiger charge is -2.16. The summed E-state index contributed by atoms with van der Waals surface area (Å²) < 4.78 is 15.7. The summed E-state index contributed by atoms with van der Waals surface area (Å²) in [6.07, 6.45) is 0. The largest absolute Gasteiger partial charge is 0.495 e. The van der Waals surface area contributed by atoms with Crippen molar-refractivity contribution in [3.8, 4) is 17.2 Å².